The molecule has 7 nitrogen and oxygen atoms in total. The third-order valence-corrected chi connectivity index (χ3v) is 7.51. The molecule has 1 unspecified atom stereocenters. The number of rotatable bonds is 11. The SMILES string of the molecule is CCOc1ncc(C(CNC(=O)c2cccc3nc(CCCC4CC4)ccc23)N2CCC(F)(F)CC2)cn1. The van der Waals surface area contributed by atoms with Crippen molar-refractivity contribution in [2.45, 2.75) is 63.8 Å². The van der Waals surface area contributed by atoms with Gasteiger partial charge in [-0.05, 0) is 43.9 Å². The Morgan fingerprint density at radius 3 is 2.63 bits per heavy atom. The number of carbonyl (C=O) groups is 1. The molecule has 0 radical (unpaired) electrons. The van der Waals surface area contributed by atoms with E-state index in [-0.39, 0.29) is 50.4 Å². The molecule has 1 saturated carbocycles. The summed E-state index contributed by atoms with van der Waals surface area (Å²) in [6, 6.07) is 9.50. The number of nitrogens with one attached hydrogen (secondary N) is 1. The van der Waals surface area contributed by atoms with Crippen molar-refractivity contribution in [2.24, 2.45) is 5.92 Å². The van der Waals surface area contributed by atoms with Crippen LogP contribution in [0.2, 0.25) is 0 Å². The number of carbonyl (C=O) groups excluding carboxylic acids is 1. The maximum atomic E-state index is 13.9. The lowest BCUT2D eigenvalue weighted by atomic mass is 10.0. The van der Waals surface area contributed by atoms with Gasteiger partial charge in [-0.3, -0.25) is 14.7 Å². The van der Waals surface area contributed by atoms with Crippen LogP contribution in [0.3, 0.4) is 0 Å². The van der Waals surface area contributed by atoms with Crippen LogP contribution in [0.5, 0.6) is 6.01 Å². The second-order valence-corrected chi connectivity index (χ2v) is 10.4. The Balaban J connectivity index is 1.29. The number of alkyl halides is 2. The number of ether oxygens (including phenoxy) is 1. The Bertz CT molecular complexity index is 1240. The second kappa shape index (κ2) is 11.7. The predicted molar refractivity (Wildman–Crippen MR) is 141 cm³/mol. The van der Waals surface area contributed by atoms with Gasteiger partial charge in [0.15, 0.2) is 0 Å². The van der Waals surface area contributed by atoms with Gasteiger partial charge in [0.2, 0.25) is 0 Å². The van der Waals surface area contributed by atoms with E-state index in [9.17, 15) is 13.6 Å². The molecule has 3 aromatic rings. The average Bonchev–Trinajstić information content (AvgIpc) is 3.74. The minimum absolute atomic E-state index is 0.215. The topological polar surface area (TPSA) is 80.2 Å². The summed E-state index contributed by atoms with van der Waals surface area (Å²) in [7, 11) is 0. The van der Waals surface area contributed by atoms with Crippen LogP contribution in [0.25, 0.3) is 10.9 Å². The lowest BCUT2D eigenvalue weighted by molar-refractivity contribution is -0.0632. The number of hydrogen-bond donors (Lipinski definition) is 1. The molecular formula is C29H35F2N5O2. The molecule has 1 saturated heterocycles. The molecule has 1 aromatic carbocycles. The van der Waals surface area contributed by atoms with Gasteiger partial charge in [0.1, 0.15) is 0 Å². The summed E-state index contributed by atoms with van der Waals surface area (Å²) >= 11 is 0. The van der Waals surface area contributed by atoms with Crippen LogP contribution in [-0.2, 0) is 6.42 Å². The number of nitrogens with zero attached hydrogens (tertiary/aromatic N) is 4. The maximum Gasteiger partial charge on any atom is 0.316 e. The Kier molecular flexibility index (Phi) is 8.12. The highest BCUT2D eigenvalue weighted by Gasteiger charge is 2.37. The fourth-order valence-corrected chi connectivity index (χ4v) is 5.12. The molecule has 9 heteroatoms. The minimum Gasteiger partial charge on any atom is -0.464 e. The van der Waals surface area contributed by atoms with Crippen molar-refractivity contribution in [3.8, 4) is 6.01 Å². The highest BCUT2D eigenvalue weighted by atomic mass is 19.3. The molecule has 2 aliphatic rings. The molecule has 1 aliphatic heterocycles. The third-order valence-electron chi connectivity index (χ3n) is 7.51. The zero-order valence-corrected chi connectivity index (χ0v) is 21.8. The first kappa shape index (κ1) is 26.4. The number of hydrogen-bond acceptors (Lipinski definition) is 6. The summed E-state index contributed by atoms with van der Waals surface area (Å²) in [4.78, 5) is 28.6. The first-order valence-electron chi connectivity index (χ1n) is 13.7. The van der Waals surface area contributed by atoms with E-state index >= 15 is 0 Å². The number of aromatic nitrogens is 3. The average molecular weight is 524 g/mol. The standard InChI is InChI=1S/C29H35F2N5O2/c1-2-38-28-33-17-21(18-34-28)26(36-15-13-29(30,31)14-16-36)19-32-27(37)24-7-4-8-25-23(24)12-11-22(35-25)6-3-5-20-9-10-20/h4,7-8,11-12,17-18,20,26H,2-3,5-6,9-10,13-16,19H2,1H3,(H,32,37). The first-order valence-corrected chi connectivity index (χ1v) is 13.7. The predicted octanol–water partition coefficient (Wildman–Crippen LogP) is 5.36. The Morgan fingerprint density at radius 2 is 1.92 bits per heavy atom. The number of halogens is 2. The monoisotopic (exact) mass is 523 g/mol. The van der Waals surface area contributed by atoms with Crippen LogP contribution in [0.4, 0.5) is 8.78 Å². The van der Waals surface area contributed by atoms with Gasteiger partial charge in [-0.25, -0.2) is 18.7 Å². The van der Waals surface area contributed by atoms with Gasteiger partial charge in [-0.2, -0.15) is 0 Å². The van der Waals surface area contributed by atoms with E-state index in [1.54, 1.807) is 18.5 Å². The van der Waals surface area contributed by atoms with Crippen LogP contribution < -0.4 is 10.1 Å². The van der Waals surface area contributed by atoms with Crippen LogP contribution >= 0.6 is 0 Å². The summed E-state index contributed by atoms with van der Waals surface area (Å²) in [5, 5.41) is 3.83. The number of piperidine rings is 1. The number of likely N-dealkylation sites (tertiary alicyclic amines) is 1. The normalized spacial score (nSPS) is 18.3. The summed E-state index contributed by atoms with van der Waals surface area (Å²) in [6.45, 7) is 2.99. The largest absolute Gasteiger partial charge is 0.464 e. The zero-order chi connectivity index (χ0) is 26.5. The number of benzene rings is 1. The second-order valence-electron chi connectivity index (χ2n) is 10.4. The van der Waals surface area contributed by atoms with E-state index in [1.165, 1.54) is 19.3 Å². The van der Waals surface area contributed by atoms with Gasteiger partial charge in [0.05, 0.1) is 18.2 Å². The highest BCUT2D eigenvalue weighted by molar-refractivity contribution is 6.06. The first-order chi connectivity index (χ1) is 18.4. The van der Waals surface area contributed by atoms with Crippen molar-refractivity contribution < 1.29 is 18.3 Å². The molecule has 5 rings (SSSR count). The van der Waals surface area contributed by atoms with Crippen molar-refractivity contribution in [1.82, 2.24) is 25.2 Å². The van der Waals surface area contributed by atoms with Gasteiger partial charge < -0.3 is 10.1 Å². The Labute approximate surface area is 222 Å². The van der Waals surface area contributed by atoms with Crippen molar-refractivity contribution in [2.75, 3.05) is 26.2 Å². The third kappa shape index (κ3) is 6.62. The molecule has 0 bridgehead atoms. The summed E-state index contributed by atoms with van der Waals surface area (Å²) in [5.41, 5.74) is 3.14. The Morgan fingerprint density at radius 1 is 1.16 bits per heavy atom. The number of fused-ring (bicyclic) bond motifs is 1. The van der Waals surface area contributed by atoms with E-state index in [2.05, 4.69) is 15.3 Å². The quantitative estimate of drug-likeness (QED) is 0.365. The van der Waals surface area contributed by atoms with Crippen molar-refractivity contribution >= 4 is 16.8 Å². The molecule has 1 N–H and O–H groups in total. The van der Waals surface area contributed by atoms with Gasteiger partial charge >= 0.3 is 6.01 Å². The van der Waals surface area contributed by atoms with Crippen LogP contribution in [0.15, 0.2) is 42.7 Å². The number of pyridine rings is 1. The minimum atomic E-state index is -2.66. The summed E-state index contributed by atoms with van der Waals surface area (Å²) in [6.07, 6.45) is 8.94. The fraction of sp³-hybridized carbons (Fsp3) is 0.517. The van der Waals surface area contributed by atoms with E-state index in [1.807, 2.05) is 36.1 Å². The molecule has 38 heavy (non-hydrogen) atoms. The van der Waals surface area contributed by atoms with Gasteiger partial charge in [0, 0.05) is 67.1 Å². The van der Waals surface area contributed by atoms with Crippen LogP contribution in [-0.4, -0.2) is 57.9 Å². The molecule has 1 amide bonds. The smallest absolute Gasteiger partial charge is 0.316 e. The van der Waals surface area contributed by atoms with Gasteiger partial charge in [-0.1, -0.05) is 31.4 Å². The van der Waals surface area contributed by atoms with E-state index in [4.69, 9.17) is 9.72 Å². The molecule has 3 heterocycles. The van der Waals surface area contributed by atoms with Crippen molar-refractivity contribution in [3.63, 3.8) is 0 Å². The van der Waals surface area contributed by atoms with Crippen molar-refractivity contribution in [1.29, 1.82) is 0 Å². The van der Waals surface area contributed by atoms with Crippen molar-refractivity contribution in [3.05, 3.63) is 59.5 Å². The Hall–Kier alpha value is -3.20. The lowest BCUT2D eigenvalue weighted by Crippen LogP contribution is -2.45. The maximum absolute atomic E-state index is 13.9. The molecule has 2 fully saturated rings. The highest BCUT2D eigenvalue weighted by Crippen LogP contribution is 2.34. The van der Waals surface area contributed by atoms with E-state index in [0.717, 1.165) is 40.9 Å². The molecule has 0 spiro atoms. The molecule has 202 valence electrons. The van der Waals surface area contributed by atoms with Crippen LogP contribution in [0.1, 0.15) is 73.1 Å². The van der Waals surface area contributed by atoms with Gasteiger partial charge in [-0.15, -0.1) is 0 Å². The molecule has 1 atom stereocenters. The molecule has 2 aromatic heterocycles. The fourth-order valence-electron chi connectivity index (χ4n) is 5.12. The number of aryl methyl sites for hydroxylation is 1. The van der Waals surface area contributed by atoms with E-state index in [0.29, 0.717) is 12.2 Å². The molecule has 1 aliphatic carbocycles. The van der Waals surface area contributed by atoms with E-state index < -0.39 is 5.92 Å². The summed E-state index contributed by atoms with van der Waals surface area (Å²) < 4.78 is 33.1. The zero-order valence-electron chi connectivity index (χ0n) is 21.8. The lowest BCUT2D eigenvalue weighted by Gasteiger charge is -2.37. The van der Waals surface area contributed by atoms with Gasteiger partial charge in [0.25, 0.3) is 11.8 Å². The molecular weight excluding hydrogens is 488 g/mol. The number of amides is 1. The summed E-state index contributed by atoms with van der Waals surface area (Å²) in [5.74, 6) is -1.98. The van der Waals surface area contributed by atoms with Crippen LogP contribution in [0, 0.1) is 5.92 Å².